The standard InChI is InChI=1S/C19H25N3O4/c23-18-13-26-17-5-4-14(11-15(17)20-18)12-22-6-2-1-3-16(22)19(24)21-7-9-25-10-8-21/h4-5,11,16H,1-3,6-10,12-13H2,(H,20,23). The molecule has 1 unspecified atom stereocenters. The van der Waals surface area contributed by atoms with Crippen LogP contribution in [0.1, 0.15) is 24.8 Å². The molecule has 1 atom stereocenters. The highest BCUT2D eigenvalue weighted by Crippen LogP contribution is 2.30. The average molecular weight is 359 g/mol. The number of morpholine rings is 1. The zero-order chi connectivity index (χ0) is 17.9. The highest BCUT2D eigenvalue weighted by atomic mass is 16.5. The second-order valence-corrected chi connectivity index (χ2v) is 7.09. The van der Waals surface area contributed by atoms with Crippen LogP contribution >= 0.6 is 0 Å². The van der Waals surface area contributed by atoms with E-state index in [0.717, 1.165) is 31.4 Å². The van der Waals surface area contributed by atoms with Crippen molar-refractivity contribution in [1.29, 1.82) is 0 Å². The first-order chi connectivity index (χ1) is 12.7. The van der Waals surface area contributed by atoms with Crippen LogP contribution in [0.15, 0.2) is 18.2 Å². The molecule has 3 heterocycles. The predicted octanol–water partition coefficient (Wildman–Crippen LogP) is 1.23. The van der Waals surface area contributed by atoms with Crippen LogP contribution in [-0.4, -0.2) is 67.1 Å². The molecule has 0 bridgehead atoms. The van der Waals surface area contributed by atoms with Crippen molar-refractivity contribution >= 4 is 17.5 Å². The lowest BCUT2D eigenvalue weighted by Crippen LogP contribution is -2.53. The second-order valence-electron chi connectivity index (χ2n) is 7.09. The van der Waals surface area contributed by atoms with Gasteiger partial charge in [0.05, 0.1) is 24.9 Å². The number of anilines is 1. The van der Waals surface area contributed by atoms with Gasteiger partial charge in [0.1, 0.15) is 5.75 Å². The molecular formula is C19H25N3O4. The summed E-state index contributed by atoms with van der Waals surface area (Å²) in [6.07, 6.45) is 3.10. The van der Waals surface area contributed by atoms with Gasteiger partial charge in [-0.2, -0.15) is 0 Å². The first-order valence-electron chi connectivity index (χ1n) is 9.37. The number of amides is 2. The number of benzene rings is 1. The van der Waals surface area contributed by atoms with Gasteiger partial charge in [-0.25, -0.2) is 0 Å². The van der Waals surface area contributed by atoms with Gasteiger partial charge >= 0.3 is 0 Å². The van der Waals surface area contributed by atoms with E-state index in [-0.39, 0.29) is 24.5 Å². The number of hydrogen-bond acceptors (Lipinski definition) is 5. The normalized spacial score (nSPS) is 23.8. The van der Waals surface area contributed by atoms with Crippen molar-refractivity contribution in [2.75, 3.05) is 44.8 Å². The molecule has 1 aromatic carbocycles. The number of carbonyl (C=O) groups is 2. The van der Waals surface area contributed by atoms with E-state index in [0.29, 0.717) is 44.3 Å². The van der Waals surface area contributed by atoms with E-state index in [9.17, 15) is 9.59 Å². The van der Waals surface area contributed by atoms with Gasteiger partial charge in [-0.1, -0.05) is 12.5 Å². The summed E-state index contributed by atoms with van der Waals surface area (Å²) in [5.41, 5.74) is 1.79. The Morgan fingerprint density at radius 1 is 1.19 bits per heavy atom. The molecule has 0 saturated carbocycles. The van der Waals surface area contributed by atoms with Gasteiger partial charge in [0.25, 0.3) is 5.91 Å². The zero-order valence-corrected chi connectivity index (χ0v) is 14.9. The van der Waals surface area contributed by atoms with Crippen molar-refractivity contribution in [3.63, 3.8) is 0 Å². The van der Waals surface area contributed by atoms with Crippen molar-refractivity contribution in [2.24, 2.45) is 0 Å². The fourth-order valence-corrected chi connectivity index (χ4v) is 3.92. The minimum Gasteiger partial charge on any atom is -0.482 e. The number of nitrogens with one attached hydrogen (secondary N) is 1. The molecule has 2 fully saturated rings. The number of piperidine rings is 1. The van der Waals surface area contributed by atoms with Crippen molar-refractivity contribution in [3.8, 4) is 5.75 Å². The number of rotatable bonds is 3. The summed E-state index contributed by atoms with van der Waals surface area (Å²) in [5, 5.41) is 2.85. The van der Waals surface area contributed by atoms with Crippen LogP contribution in [0.4, 0.5) is 5.69 Å². The number of likely N-dealkylation sites (tertiary alicyclic amines) is 1. The number of hydrogen-bond donors (Lipinski definition) is 1. The minimum atomic E-state index is -0.131. The van der Waals surface area contributed by atoms with Gasteiger partial charge in [0.15, 0.2) is 6.61 Å². The first-order valence-corrected chi connectivity index (χ1v) is 9.37. The van der Waals surface area contributed by atoms with Crippen molar-refractivity contribution in [3.05, 3.63) is 23.8 Å². The van der Waals surface area contributed by atoms with E-state index >= 15 is 0 Å². The first kappa shape index (κ1) is 17.3. The Bertz CT molecular complexity index is 687. The topological polar surface area (TPSA) is 71.1 Å². The summed E-state index contributed by atoms with van der Waals surface area (Å²) in [5.74, 6) is 0.795. The van der Waals surface area contributed by atoms with Crippen LogP contribution in [0.3, 0.4) is 0 Å². The molecule has 2 amide bonds. The Morgan fingerprint density at radius 2 is 2.04 bits per heavy atom. The fourth-order valence-electron chi connectivity index (χ4n) is 3.92. The maximum absolute atomic E-state index is 13.0. The summed E-state index contributed by atoms with van der Waals surface area (Å²) >= 11 is 0. The number of fused-ring (bicyclic) bond motifs is 1. The second kappa shape index (κ2) is 7.63. The van der Waals surface area contributed by atoms with Gasteiger partial charge in [-0.05, 0) is 37.1 Å². The monoisotopic (exact) mass is 359 g/mol. The lowest BCUT2D eigenvalue weighted by molar-refractivity contribution is -0.142. The Labute approximate surface area is 153 Å². The zero-order valence-electron chi connectivity index (χ0n) is 14.9. The van der Waals surface area contributed by atoms with Gasteiger partial charge in [0.2, 0.25) is 5.91 Å². The predicted molar refractivity (Wildman–Crippen MR) is 96.0 cm³/mol. The highest BCUT2D eigenvalue weighted by Gasteiger charge is 2.32. The smallest absolute Gasteiger partial charge is 0.262 e. The highest BCUT2D eigenvalue weighted by molar-refractivity contribution is 5.95. The third-order valence-corrected chi connectivity index (χ3v) is 5.28. The number of carbonyl (C=O) groups excluding carboxylic acids is 2. The van der Waals surface area contributed by atoms with Crippen LogP contribution in [0.25, 0.3) is 0 Å². The molecule has 0 radical (unpaired) electrons. The van der Waals surface area contributed by atoms with E-state index in [1.807, 2.05) is 23.1 Å². The maximum atomic E-state index is 13.0. The van der Waals surface area contributed by atoms with E-state index in [1.54, 1.807) is 0 Å². The van der Waals surface area contributed by atoms with Crippen LogP contribution < -0.4 is 10.1 Å². The molecule has 7 heteroatoms. The Hall–Kier alpha value is -2.12. The fraction of sp³-hybridized carbons (Fsp3) is 0.579. The van der Waals surface area contributed by atoms with Gasteiger partial charge in [-0.3, -0.25) is 14.5 Å². The molecule has 3 aliphatic rings. The molecule has 0 aliphatic carbocycles. The molecule has 0 spiro atoms. The summed E-state index contributed by atoms with van der Waals surface area (Å²) in [6.45, 7) is 4.31. The third kappa shape index (κ3) is 3.68. The van der Waals surface area contributed by atoms with Gasteiger partial charge in [-0.15, -0.1) is 0 Å². The molecular weight excluding hydrogens is 334 g/mol. The third-order valence-electron chi connectivity index (χ3n) is 5.28. The van der Waals surface area contributed by atoms with Gasteiger partial charge < -0.3 is 19.7 Å². The van der Waals surface area contributed by atoms with E-state index < -0.39 is 0 Å². The lowest BCUT2D eigenvalue weighted by atomic mass is 9.99. The molecule has 3 aliphatic heterocycles. The van der Waals surface area contributed by atoms with E-state index in [2.05, 4.69) is 10.2 Å². The van der Waals surface area contributed by atoms with Crippen molar-refractivity contribution in [2.45, 2.75) is 31.8 Å². The van der Waals surface area contributed by atoms with E-state index in [1.165, 1.54) is 0 Å². The molecule has 1 aromatic rings. The summed E-state index contributed by atoms with van der Waals surface area (Å²) in [7, 11) is 0. The number of ether oxygens (including phenoxy) is 2. The molecule has 2 saturated heterocycles. The quantitative estimate of drug-likeness (QED) is 0.879. The van der Waals surface area contributed by atoms with E-state index in [4.69, 9.17) is 9.47 Å². The SMILES string of the molecule is O=C1COc2ccc(CN3CCCCC3C(=O)N3CCOCC3)cc2N1. The van der Waals surface area contributed by atoms with Gasteiger partial charge in [0, 0.05) is 19.6 Å². The molecule has 1 N–H and O–H groups in total. The summed E-state index contributed by atoms with van der Waals surface area (Å²) < 4.78 is 10.8. The Kier molecular flexibility index (Phi) is 5.08. The molecule has 0 aromatic heterocycles. The van der Waals surface area contributed by atoms with Crippen LogP contribution in [0.5, 0.6) is 5.75 Å². The van der Waals surface area contributed by atoms with Crippen molar-refractivity contribution in [1.82, 2.24) is 9.80 Å². The summed E-state index contributed by atoms with van der Waals surface area (Å²) in [6, 6.07) is 5.80. The number of nitrogens with zero attached hydrogens (tertiary/aromatic N) is 2. The Morgan fingerprint density at radius 3 is 2.88 bits per heavy atom. The molecule has 26 heavy (non-hydrogen) atoms. The molecule has 140 valence electrons. The summed E-state index contributed by atoms with van der Waals surface area (Å²) in [4.78, 5) is 28.7. The Balaban J connectivity index is 1.47. The average Bonchev–Trinajstić information content (AvgIpc) is 2.68. The minimum absolute atomic E-state index is 0.0641. The molecule has 4 rings (SSSR count). The lowest BCUT2D eigenvalue weighted by Gasteiger charge is -2.38. The van der Waals surface area contributed by atoms with Crippen LogP contribution in [-0.2, 0) is 20.9 Å². The largest absolute Gasteiger partial charge is 0.482 e. The van der Waals surface area contributed by atoms with Crippen LogP contribution in [0, 0.1) is 0 Å². The molecule has 7 nitrogen and oxygen atoms in total. The maximum Gasteiger partial charge on any atom is 0.262 e. The van der Waals surface area contributed by atoms with Crippen molar-refractivity contribution < 1.29 is 19.1 Å². The van der Waals surface area contributed by atoms with Crippen LogP contribution in [0.2, 0.25) is 0 Å².